The first kappa shape index (κ1) is 12.6. The van der Waals surface area contributed by atoms with Crippen LogP contribution in [0.2, 0.25) is 0 Å². The van der Waals surface area contributed by atoms with Crippen LogP contribution >= 0.6 is 15.9 Å². The number of carbonyl (C=O) groups is 1. The van der Waals surface area contributed by atoms with Gasteiger partial charge in [0, 0.05) is 23.9 Å². The number of hydrogen-bond acceptors (Lipinski definition) is 4. The SMILES string of the molecule is COC(=O)c1cc(Br)c(CCCN=[N+]=[N-])o1. The molecule has 0 atom stereocenters. The van der Waals surface area contributed by atoms with Crippen LogP contribution in [0.3, 0.4) is 0 Å². The Hall–Kier alpha value is -1.46. The first-order valence-electron chi connectivity index (χ1n) is 4.56. The molecule has 16 heavy (non-hydrogen) atoms. The first-order chi connectivity index (χ1) is 7.69. The third-order valence-corrected chi connectivity index (χ3v) is 2.54. The van der Waals surface area contributed by atoms with Crippen LogP contribution in [0, 0.1) is 0 Å². The van der Waals surface area contributed by atoms with Gasteiger partial charge in [0.25, 0.3) is 0 Å². The molecule has 1 aromatic heterocycles. The van der Waals surface area contributed by atoms with Gasteiger partial charge in [-0.1, -0.05) is 5.11 Å². The van der Waals surface area contributed by atoms with E-state index < -0.39 is 5.97 Å². The molecule has 1 heterocycles. The molecule has 1 rings (SSSR count). The highest BCUT2D eigenvalue weighted by atomic mass is 79.9. The molecule has 0 aliphatic heterocycles. The van der Waals surface area contributed by atoms with Gasteiger partial charge in [-0.2, -0.15) is 0 Å². The second kappa shape index (κ2) is 6.19. The van der Waals surface area contributed by atoms with Crippen molar-refractivity contribution in [3.8, 4) is 0 Å². The van der Waals surface area contributed by atoms with Crippen LogP contribution < -0.4 is 0 Å². The van der Waals surface area contributed by atoms with Gasteiger partial charge in [-0.15, -0.1) is 0 Å². The first-order valence-corrected chi connectivity index (χ1v) is 5.35. The molecule has 0 unspecified atom stereocenters. The Balaban J connectivity index is 2.63. The predicted molar refractivity (Wildman–Crippen MR) is 60.1 cm³/mol. The summed E-state index contributed by atoms with van der Waals surface area (Å²) < 4.78 is 10.5. The molecule has 0 aliphatic rings. The largest absolute Gasteiger partial charge is 0.463 e. The van der Waals surface area contributed by atoms with E-state index in [1.807, 2.05) is 0 Å². The van der Waals surface area contributed by atoms with Crippen molar-refractivity contribution in [2.24, 2.45) is 5.11 Å². The topological polar surface area (TPSA) is 88.2 Å². The van der Waals surface area contributed by atoms with Gasteiger partial charge >= 0.3 is 5.97 Å². The van der Waals surface area contributed by atoms with Crippen LogP contribution in [0.15, 0.2) is 20.1 Å². The lowest BCUT2D eigenvalue weighted by atomic mass is 10.2. The summed E-state index contributed by atoms with van der Waals surface area (Å²) in [7, 11) is 1.29. The molecule has 0 fully saturated rings. The molecule has 1 aromatic rings. The predicted octanol–water partition coefficient (Wildman–Crippen LogP) is 3.07. The standard InChI is InChI=1S/C9H10BrN3O3/c1-15-9(14)8-5-6(10)7(16-8)3-2-4-12-13-11/h5H,2-4H2,1H3. The third kappa shape index (κ3) is 3.29. The van der Waals surface area contributed by atoms with E-state index in [0.717, 1.165) is 0 Å². The number of halogens is 1. The monoisotopic (exact) mass is 287 g/mol. The Kier molecular flexibility index (Phi) is 4.88. The quantitative estimate of drug-likeness (QED) is 0.274. The summed E-state index contributed by atoms with van der Waals surface area (Å²) in [6.45, 7) is 0.400. The van der Waals surface area contributed by atoms with Gasteiger partial charge in [-0.05, 0) is 27.9 Å². The molecule has 0 N–H and O–H groups in total. The van der Waals surface area contributed by atoms with Gasteiger partial charge in [0.05, 0.1) is 11.6 Å². The summed E-state index contributed by atoms with van der Waals surface area (Å²) >= 11 is 3.28. The van der Waals surface area contributed by atoms with Crippen LogP contribution in [0.5, 0.6) is 0 Å². The number of aryl methyl sites for hydroxylation is 1. The molecule has 0 bridgehead atoms. The number of methoxy groups -OCH3 is 1. The minimum atomic E-state index is -0.512. The summed E-state index contributed by atoms with van der Waals surface area (Å²) in [5.41, 5.74) is 8.09. The Bertz CT molecular complexity index is 424. The van der Waals surface area contributed by atoms with Crippen molar-refractivity contribution >= 4 is 21.9 Å². The van der Waals surface area contributed by atoms with Gasteiger partial charge in [-0.25, -0.2) is 4.79 Å². The number of furan rings is 1. The highest BCUT2D eigenvalue weighted by molar-refractivity contribution is 9.10. The number of rotatable bonds is 5. The Morgan fingerprint density at radius 2 is 2.50 bits per heavy atom. The summed E-state index contributed by atoms with van der Waals surface area (Å²) in [4.78, 5) is 13.8. The van der Waals surface area contributed by atoms with Crippen molar-refractivity contribution in [1.82, 2.24) is 0 Å². The van der Waals surface area contributed by atoms with Crippen LogP contribution in [0.4, 0.5) is 0 Å². The van der Waals surface area contributed by atoms with E-state index >= 15 is 0 Å². The molecule has 6 nitrogen and oxygen atoms in total. The van der Waals surface area contributed by atoms with E-state index in [4.69, 9.17) is 9.95 Å². The summed E-state index contributed by atoms with van der Waals surface area (Å²) in [5, 5.41) is 3.41. The zero-order valence-electron chi connectivity index (χ0n) is 8.64. The second-order valence-corrected chi connectivity index (χ2v) is 3.79. The Morgan fingerprint density at radius 3 is 3.12 bits per heavy atom. The fraction of sp³-hybridized carbons (Fsp3) is 0.444. The highest BCUT2D eigenvalue weighted by Crippen LogP contribution is 2.23. The average Bonchev–Trinajstić information content (AvgIpc) is 2.65. The maximum atomic E-state index is 11.2. The van der Waals surface area contributed by atoms with E-state index in [2.05, 4.69) is 30.7 Å². The van der Waals surface area contributed by atoms with E-state index in [-0.39, 0.29) is 5.76 Å². The lowest BCUT2D eigenvalue weighted by Crippen LogP contribution is -1.98. The Labute approximate surface area is 100 Å². The molecule has 0 radical (unpaired) electrons. The van der Waals surface area contributed by atoms with Gasteiger partial charge in [0.15, 0.2) is 0 Å². The lowest BCUT2D eigenvalue weighted by molar-refractivity contribution is 0.0563. The van der Waals surface area contributed by atoms with Crippen LogP contribution in [-0.2, 0) is 11.2 Å². The molecule has 0 amide bonds. The number of ether oxygens (including phenoxy) is 1. The van der Waals surface area contributed by atoms with E-state index in [0.29, 0.717) is 29.6 Å². The van der Waals surface area contributed by atoms with Crippen LogP contribution in [-0.4, -0.2) is 19.6 Å². The van der Waals surface area contributed by atoms with Crippen LogP contribution in [0.25, 0.3) is 10.4 Å². The van der Waals surface area contributed by atoms with Crippen molar-refractivity contribution in [2.75, 3.05) is 13.7 Å². The van der Waals surface area contributed by atoms with Crippen molar-refractivity contribution in [1.29, 1.82) is 0 Å². The maximum Gasteiger partial charge on any atom is 0.373 e. The zero-order valence-corrected chi connectivity index (χ0v) is 10.2. The van der Waals surface area contributed by atoms with E-state index in [1.165, 1.54) is 7.11 Å². The minimum Gasteiger partial charge on any atom is -0.463 e. The van der Waals surface area contributed by atoms with Gasteiger partial charge in [0.1, 0.15) is 5.76 Å². The maximum absolute atomic E-state index is 11.2. The number of hydrogen-bond donors (Lipinski definition) is 0. The van der Waals surface area contributed by atoms with Gasteiger partial charge in [0.2, 0.25) is 5.76 Å². The second-order valence-electron chi connectivity index (χ2n) is 2.93. The molecule has 0 saturated heterocycles. The normalized spacial score (nSPS) is 9.62. The smallest absolute Gasteiger partial charge is 0.373 e. The molecule has 86 valence electrons. The fourth-order valence-corrected chi connectivity index (χ4v) is 1.62. The minimum absolute atomic E-state index is 0.160. The Morgan fingerprint density at radius 1 is 1.75 bits per heavy atom. The average molecular weight is 288 g/mol. The molecular formula is C9H10BrN3O3. The summed E-state index contributed by atoms with van der Waals surface area (Å²) in [5.74, 6) is 0.295. The number of esters is 1. The molecular weight excluding hydrogens is 278 g/mol. The van der Waals surface area contributed by atoms with E-state index in [1.54, 1.807) is 6.07 Å². The van der Waals surface area contributed by atoms with Crippen LogP contribution in [0.1, 0.15) is 22.7 Å². The highest BCUT2D eigenvalue weighted by Gasteiger charge is 2.15. The lowest BCUT2D eigenvalue weighted by Gasteiger charge is -1.95. The molecule has 0 aromatic carbocycles. The van der Waals surface area contributed by atoms with Crippen molar-refractivity contribution < 1.29 is 13.9 Å². The summed E-state index contributed by atoms with van der Waals surface area (Å²) in [6.07, 6.45) is 1.26. The number of nitrogens with zero attached hydrogens (tertiary/aromatic N) is 3. The van der Waals surface area contributed by atoms with Crippen molar-refractivity contribution in [3.63, 3.8) is 0 Å². The fourth-order valence-electron chi connectivity index (χ4n) is 1.13. The number of carbonyl (C=O) groups excluding carboxylic acids is 1. The van der Waals surface area contributed by atoms with Gasteiger partial charge < -0.3 is 9.15 Å². The molecule has 0 spiro atoms. The molecule has 0 saturated carbocycles. The van der Waals surface area contributed by atoms with Gasteiger partial charge in [-0.3, -0.25) is 0 Å². The van der Waals surface area contributed by atoms with Crippen molar-refractivity contribution in [3.05, 3.63) is 32.5 Å². The molecule has 7 heteroatoms. The zero-order chi connectivity index (χ0) is 12.0. The number of azide groups is 1. The van der Waals surface area contributed by atoms with Crippen molar-refractivity contribution in [2.45, 2.75) is 12.8 Å². The summed E-state index contributed by atoms with van der Waals surface area (Å²) in [6, 6.07) is 1.56. The van der Waals surface area contributed by atoms with E-state index in [9.17, 15) is 4.79 Å². The third-order valence-electron chi connectivity index (χ3n) is 1.87. The molecule has 0 aliphatic carbocycles.